The molecular formula is C17H24N2S. The zero-order chi connectivity index (χ0) is 13.8. The summed E-state index contributed by atoms with van der Waals surface area (Å²) in [6, 6.07) is 8.74. The van der Waals surface area contributed by atoms with Crippen molar-refractivity contribution in [2.24, 2.45) is 5.73 Å². The molecule has 2 heterocycles. The molecule has 2 aromatic rings. The second kappa shape index (κ2) is 6.70. The van der Waals surface area contributed by atoms with Crippen LogP contribution in [-0.2, 0) is 13.1 Å². The first-order chi connectivity index (χ1) is 9.88. The maximum atomic E-state index is 5.97. The van der Waals surface area contributed by atoms with E-state index in [-0.39, 0.29) is 0 Å². The van der Waals surface area contributed by atoms with E-state index >= 15 is 0 Å². The number of nitrogens with two attached hydrogens (primary N) is 1. The quantitative estimate of drug-likeness (QED) is 0.920. The monoisotopic (exact) mass is 288 g/mol. The van der Waals surface area contributed by atoms with E-state index < -0.39 is 0 Å². The van der Waals surface area contributed by atoms with Crippen LogP contribution in [0.15, 0.2) is 24.3 Å². The number of rotatable bonds is 3. The van der Waals surface area contributed by atoms with Crippen LogP contribution >= 0.6 is 11.3 Å². The number of hydrogen-bond donors (Lipinski definition) is 1. The van der Waals surface area contributed by atoms with Gasteiger partial charge in [-0.3, -0.25) is 4.90 Å². The molecule has 20 heavy (non-hydrogen) atoms. The topological polar surface area (TPSA) is 29.3 Å². The summed E-state index contributed by atoms with van der Waals surface area (Å²) in [4.78, 5) is 4.00. The molecule has 0 unspecified atom stereocenters. The molecule has 0 saturated carbocycles. The molecule has 108 valence electrons. The Morgan fingerprint density at radius 2 is 1.70 bits per heavy atom. The first-order valence-corrected chi connectivity index (χ1v) is 8.62. The van der Waals surface area contributed by atoms with Gasteiger partial charge in [-0.2, -0.15) is 0 Å². The lowest BCUT2D eigenvalue weighted by Crippen LogP contribution is -2.27. The van der Waals surface area contributed by atoms with Gasteiger partial charge in [0.2, 0.25) is 0 Å². The molecule has 2 N–H and O–H groups in total. The Kier molecular flexibility index (Phi) is 4.71. The first kappa shape index (κ1) is 14.1. The summed E-state index contributed by atoms with van der Waals surface area (Å²) in [7, 11) is 0. The summed E-state index contributed by atoms with van der Waals surface area (Å²) in [6.45, 7) is 4.24. The van der Waals surface area contributed by atoms with Crippen molar-refractivity contribution in [3.8, 4) is 0 Å². The molecule has 0 amide bonds. The molecule has 0 bridgehead atoms. The minimum Gasteiger partial charge on any atom is -0.326 e. The minimum atomic E-state index is 0.669. The molecule has 0 spiro atoms. The molecular weight excluding hydrogens is 264 g/mol. The highest BCUT2D eigenvalue weighted by atomic mass is 32.1. The maximum absolute atomic E-state index is 5.97. The van der Waals surface area contributed by atoms with Crippen LogP contribution in [0.3, 0.4) is 0 Å². The van der Waals surface area contributed by atoms with Gasteiger partial charge in [0.25, 0.3) is 0 Å². The van der Waals surface area contributed by atoms with E-state index in [9.17, 15) is 0 Å². The Balaban J connectivity index is 1.84. The molecule has 3 heteroatoms. The molecule has 0 atom stereocenters. The number of hydrogen-bond acceptors (Lipinski definition) is 3. The van der Waals surface area contributed by atoms with Crippen LogP contribution in [0.25, 0.3) is 10.1 Å². The third-order valence-electron chi connectivity index (χ3n) is 4.30. The summed E-state index contributed by atoms with van der Waals surface area (Å²) in [5.74, 6) is 0. The molecule has 1 aromatic carbocycles. The lowest BCUT2D eigenvalue weighted by atomic mass is 10.1. The Morgan fingerprint density at radius 1 is 1.00 bits per heavy atom. The lowest BCUT2D eigenvalue weighted by molar-refractivity contribution is 0.240. The maximum Gasteiger partial charge on any atom is 0.0349 e. The highest BCUT2D eigenvalue weighted by molar-refractivity contribution is 7.19. The molecule has 1 aliphatic heterocycles. The van der Waals surface area contributed by atoms with Crippen molar-refractivity contribution in [2.45, 2.75) is 45.2 Å². The van der Waals surface area contributed by atoms with E-state index in [1.807, 2.05) is 11.3 Å². The van der Waals surface area contributed by atoms with Crippen LogP contribution < -0.4 is 5.73 Å². The SMILES string of the molecule is NCc1sc2ccccc2c1CN1CCCCCCC1. The Morgan fingerprint density at radius 3 is 2.45 bits per heavy atom. The van der Waals surface area contributed by atoms with Crippen molar-refractivity contribution in [3.05, 3.63) is 34.7 Å². The average molecular weight is 288 g/mol. The molecule has 2 nitrogen and oxygen atoms in total. The molecule has 1 aromatic heterocycles. The highest BCUT2D eigenvalue weighted by Crippen LogP contribution is 2.32. The average Bonchev–Trinajstić information content (AvgIpc) is 2.79. The second-order valence-electron chi connectivity index (χ2n) is 5.75. The van der Waals surface area contributed by atoms with Gasteiger partial charge in [-0.15, -0.1) is 11.3 Å². The number of fused-ring (bicyclic) bond motifs is 1. The fourth-order valence-corrected chi connectivity index (χ4v) is 4.28. The summed E-state index contributed by atoms with van der Waals surface area (Å²) in [5, 5.41) is 1.42. The molecule has 0 aliphatic carbocycles. The molecule has 1 saturated heterocycles. The van der Waals surface area contributed by atoms with Crippen molar-refractivity contribution in [1.29, 1.82) is 0 Å². The van der Waals surface area contributed by atoms with Crippen LogP contribution in [0.4, 0.5) is 0 Å². The van der Waals surface area contributed by atoms with Crippen LogP contribution in [0.5, 0.6) is 0 Å². The number of nitrogens with zero attached hydrogens (tertiary/aromatic N) is 1. The van der Waals surface area contributed by atoms with E-state index in [0.29, 0.717) is 6.54 Å². The van der Waals surface area contributed by atoms with E-state index in [1.165, 1.54) is 65.7 Å². The Hall–Kier alpha value is -0.900. The van der Waals surface area contributed by atoms with Gasteiger partial charge in [-0.25, -0.2) is 0 Å². The van der Waals surface area contributed by atoms with E-state index in [4.69, 9.17) is 5.73 Å². The van der Waals surface area contributed by atoms with E-state index in [2.05, 4.69) is 29.2 Å². The fraction of sp³-hybridized carbons (Fsp3) is 0.529. The van der Waals surface area contributed by atoms with Crippen LogP contribution in [0.2, 0.25) is 0 Å². The fourth-order valence-electron chi connectivity index (χ4n) is 3.18. The number of thiophene rings is 1. The van der Waals surface area contributed by atoms with Gasteiger partial charge in [-0.1, -0.05) is 37.5 Å². The Labute approximate surface area is 125 Å². The first-order valence-electron chi connectivity index (χ1n) is 7.80. The van der Waals surface area contributed by atoms with Crippen molar-refractivity contribution in [2.75, 3.05) is 13.1 Å². The van der Waals surface area contributed by atoms with Crippen LogP contribution in [0, 0.1) is 0 Å². The van der Waals surface area contributed by atoms with Gasteiger partial charge in [0.15, 0.2) is 0 Å². The van der Waals surface area contributed by atoms with Crippen molar-refractivity contribution in [3.63, 3.8) is 0 Å². The van der Waals surface area contributed by atoms with Gasteiger partial charge in [0, 0.05) is 22.7 Å². The largest absolute Gasteiger partial charge is 0.326 e. The van der Waals surface area contributed by atoms with Gasteiger partial charge in [-0.05, 0) is 42.9 Å². The van der Waals surface area contributed by atoms with Crippen LogP contribution in [-0.4, -0.2) is 18.0 Å². The van der Waals surface area contributed by atoms with Crippen molar-refractivity contribution in [1.82, 2.24) is 4.90 Å². The predicted molar refractivity (Wildman–Crippen MR) is 88.1 cm³/mol. The summed E-state index contributed by atoms with van der Waals surface area (Å²) in [5.41, 5.74) is 7.45. The van der Waals surface area contributed by atoms with E-state index in [0.717, 1.165) is 6.54 Å². The molecule has 3 rings (SSSR count). The zero-order valence-corrected chi connectivity index (χ0v) is 12.9. The zero-order valence-electron chi connectivity index (χ0n) is 12.1. The smallest absolute Gasteiger partial charge is 0.0349 e. The summed E-state index contributed by atoms with van der Waals surface area (Å²) >= 11 is 1.87. The summed E-state index contributed by atoms with van der Waals surface area (Å²) in [6.07, 6.45) is 6.90. The second-order valence-corrected chi connectivity index (χ2v) is 6.88. The lowest BCUT2D eigenvalue weighted by Gasteiger charge is -2.24. The standard InChI is InChI=1S/C17H24N2S/c18-12-17-15(14-8-4-5-9-16(14)20-17)13-19-10-6-2-1-3-7-11-19/h4-5,8-9H,1-3,6-7,10-13,18H2. The van der Waals surface area contributed by atoms with Crippen molar-refractivity contribution >= 4 is 21.4 Å². The van der Waals surface area contributed by atoms with Crippen molar-refractivity contribution < 1.29 is 0 Å². The van der Waals surface area contributed by atoms with Gasteiger partial charge >= 0.3 is 0 Å². The Bertz CT molecular complexity index is 553. The normalized spacial score (nSPS) is 18.1. The van der Waals surface area contributed by atoms with Gasteiger partial charge in [0.1, 0.15) is 0 Å². The van der Waals surface area contributed by atoms with Gasteiger partial charge < -0.3 is 5.73 Å². The summed E-state index contributed by atoms with van der Waals surface area (Å²) < 4.78 is 1.38. The van der Waals surface area contributed by atoms with Gasteiger partial charge in [0.05, 0.1) is 0 Å². The minimum absolute atomic E-state index is 0.669. The number of benzene rings is 1. The molecule has 0 radical (unpaired) electrons. The molecule has 1 aliphatic rings. The predicted octanol–water partition coefficient (Wildman–Crippen LogP) is 4.13. The van der Waals surface area contributed by atoms with E-state index in [1.54, 1.807) is 0 Å². The highest BCUT2D eigenvalue weighted by Gasteiger charge is 2.15. The third kappa shape index (κ3) is 3.05. The number of likely N-dealkylation sites (tertiary alicyclic amines) is 1. The van der Waals surface area contributed by atoms with Crippen LogP contribution in [0.1, 0.15) is 42.5 Å². The third-order valence-corrected chi connectivity index (χ3v) is 5.53. The molecule has 1 fully saturated rings.